The fourth-order valence-electron chi connectivity index (χ4n) is 3.09. The quantitative estimate of drug-likeness (QED) is 0.383. The van der Waals surface area contributed by atoms with Crippen molar-refractivity contribution < 1.29 is 24.5 Å². The molecule has 0 saturated carbocycles. The van der Waals surface area contributed by atoms with Gasteiger partial charge in [-0.1, -0.05) is 38.3 Å². The Kier molecular flexibility index (Phi) is 9.47. The molecule has 1 saturated heterocycles. The third kappa shape index (κ3) is 6.38. The minimum Gasteiger partial charge on any atom is -0.445 e. The summed E-state index contributed by atoms with van der Waals surface area (Å²) >= 11 is 0. The first-order chi connectivity index (χ1) is 14.5. The first kappa shape index (κ1) is 23.5. The van der Waals surface area contributed by atoms with E-state index in [9.17, 15) is 25.1 Å². The minimum atomic E-state index is -1.23. The lowest BCUT2D eigenvalue weighted by atomic mass is 10.0. The molecular formula is C20H28N4O6. The lowest BCUT2D eigenvalue weighted by Gasteiger charge is -2.16. The van der Waals surface area contributed by atoms with Gasteiger partial charge in [-0.2, -0.15) is 10.2 Å². The molecule has 0 aliphatic carbocycles. The predicted molar refractivity (Wildman–Crippen MR) is 107 cm³/mol. The largest absolute Gasteiger partial charge is 0.445 e. The molecule has 3 N–H and O–H groups in total. The van der Waals surface area contributed by atoms with E-state index < -0.39 is 42.7 Å². The number of amides is 1. The first-order valence-corrected chi connectivity index (χ1v) is 10.0. The summed E-state index contributed by atoms with van der Waals surface area (Å²) in [4.78, 5) is 27.8. The van der Waals surface area contributed by atoms with Crippen LogP contribution in [0.4, 0.5) is 10.6 Å². The highest BCUT2D eigenvalue weighted by atomic mass is 16.6. The Morgan fingerprint density at radius 2 is 2.23 bits per heavy atom. The summed E-state index contributed by atoms with van der Waals surface area (Å²) in [5.41, 5.74) is -0.782. The Morgan fingerprint density at radius 3 is 2.90 bits per heavy atom. The van der Waals surface area contributed by atoms with Gasteiger partial charge >= 0.3 is 11.8 Å². The Hall–Kier alpha value is -2.74. The maximum atomic E-state index is 12.3. The molecular weight excluding hydrogens is 392 g/mol. The van der Waals surface area contributed by atoms with Crippen LogP contribution in [0.25, 0.3) is 0 Å². The number of aliphatic hydroxyl groups is 2. The number of anilines is 1. The number of nitriles is 1. The van der Waals surface area contributed by atoms with Gasteiger partial charge < -0.3 is 19.7 Å². The molecule has 1 fully saturated rings. The summed E-state index contributed by atoms with van der Waals surface area (Å²) in [7, 11) is 0. The minimum absolute atomic E-state index is 0.0180. The first-order valence-electron chi connectivity index (χ1n) is 10.0. The maximum Gasteiger partial charge on any atom is 0.413 e. The fourth-order valence-corrected chi connectivity index (χ4v) is 3.09. The SMILES string of the molecule is CCCCCC/C=C\COC(=O)Nc1ccn(C2O[C@H](CO)[C@@H](O)[C@@H]2C#N)c(=O)n1. The van der Waals surface area contributed by atoms with E-state index in [4.69, 9.17) is 9.47 Å². The van der Waals surface area contributed by atoms with Crippen LogP contribution in [0, 0.1) is 17.2 Å². The molecule has 1 unspecified atom stereocenters. The van der Waals surface area contributed by atoms with Crippen molar-refractivity contribution in [1.29, 1.82) is 5.26 Å². The van der Waals surface area contributed by atoms with E-state index in [0.717, 1.165) is 17.4 Å². The van der Waals surface area contributed by atoms with Gasteiger partial charge in [0, 0.05) is 6.20 Å². The summed E-state index contributed by atoms with van der Waals surface area (Å²) in [6, 6.07) is 3.23. The second kappa shape index (κ2) is 12.1. The lowest BCUT2D eigenvalue weighted by Crippen LogP contribution is -2.32. The normalized spacial score (nSPS) is 23.4. The number of aromatic nitrogens is 2. The molecule has 1 aliphatic heterocycles. The van der Waals surface area contributed by atoms with Crippen molar-refractivity contribution in [3.05, 3.63) is 34.9 Å². The van der Waals surface area contributed by atoms with Gasteiger partial charge in [0.05, 0.1) is 12.7 Å². The summed E-state index contributed by atoms with van der Waals surface area (Å²) in [6.07, 6.45) is 6.58. The zero-order valence-electron chi connectivity index (χ0n) is 16.9. The molecule has 0 spiro atoms. The van der Waals surface area contributed by atoms with Crippen LogP contribution in [0.15, 0.2) is 29.2 Å². The second-order valence-corrected chi connectivity index (χ2v) is 6.94. The van der Waals surface area contributed by atoms with Crippen LogP contribution in [0.3, 0.4) is 0 Å². The smallest absolute Gasteiger partial charge is 0.413 e. The molecule has 4 atom stereocenters. The Balaban J connectivity index is 1.87. The van der Waals surface area contributed by atoms with E-state index in [-0.39, 0.29) is 12.4 Å². The van der Waals surface area contributed by atoms with Gasteiger partial charge in [0.1, 0.15) is 30.6 Å². The number of nitrogens with one attached hydrogen (secondary N) is 1. The van der Waals surface area contributed by atoms with E-state index in [1.807, 2.05) is 12.1 Å². The van der Waals surface area contributed by atoms with Gasteiger partial charge in [0.2, 0.25) is 0 Å². The molecule has 0 aromatic carbocycles. The second-order valence-electron chi connectivity index (χ2n) is 6.94. The van der Waals surface area contributed by atoms with Crippen molar-refractivity contribution in [3.8, 4) is 6.07 Å². The van der Waals surface area contributed by atoms with E-state index in [1.54, 1.807) is 6.08 Å². The monoisotopic (exact) mass is 420 g/mol. The number of hydrogen-bond donors (Lipinski definition) is 3. The van der Waals surface area contributed by atoms with Gasteiger partial charge in [-0.05, 0) is 18.9 Å². The van der Waals surface area contributed by atoms with Gasteiger partial charge in [-0.15, -0.1) is 0 Å². The van der Waals surface area contributed by atoms with Gasteiger partial charge in [-0.3, -0.25) is 9.88 Å². The summed E-state index contributed by atoms with van der Waals surface area (Å²) in [6.45, 7) is 1.77. The molecule has 10 heteroatoms. The zero-order valence-corrected chi connectivity index (χ0v) is 16.9. The van der Waals surface area contributed by atoms with Crippen LogP contribution < -0.4 is 11.0 Å². The van der Waals surface area contributed by atoms with Crippen molar-refractivity contribution in [2.24, 2.45) is 5.92 Å². The highest BCUT2D eigenvalue weighted by Gasteiger charge is 2.45. The number of carbonyl (C=O) groups excluding carboxylic acids is 1. The van der Waals surface area contributed by atoms with Crippen molar-refractivity contribution in [2.45, 2.75) is 57.5 Å². The Bertz CT molecular complexity index is 818. The van der Waals surface area contributed by atoms with Crippen LogP contribution in [0.1, 0.15) is 45.3 Å². The zero-order chi connectivity index (χ0) is 21.9. The average Bonchev–Trinajstić information content (AvgIpc) is 3.05. The van der Waals surface area contributed by atoms with Crippen molar-refractivity contribution in [1.82, 2.24) is 9.55 Å². The molecule has 10 nitrogen and oxygen atoms in total. The van der Waals surface area contributed by atoms with E-state index >= 15 is 0 Å². The third-order valence-electron chi connectivity index (χ3n) is 4.74. The number of hydrogen-bond acceptors (Lipinski definition) is 8. The summed E-state index contributed by atoms with van der Waals surface area (Å²) in [5, 5.41) is 30.8. The maximum absolute atomic E-state index is 12.3. The van der Waals surface area contributed by atoms with Gasteiger partial charge in [0.15, 0.2) is 6.23 Å². The highest BCUT2D eigenvalue weighted by molar-refractivity contribution is 5.83. The molecule has 1 aromatic heterocycles. The van der Waals surface area contributed by atoms with Gasteiger partial charge in [-0.25, -0.2) is 9.59 Å². The van der Waals surface area contributed by atoms with Crippen molar-refractivity contribution in [3.63, 3.8) is 0 Å². The molecule has 0 radical (unpaired) electrons. The molecule has 2 heterocycles. The van der Waals surface area contributed by atoms with E-state index in [1.165, 1.54) is 31.5 Å². The number of nitrogens with zero attached hydrogens (tertiary/aromatic N) is 3. The summed E-state index contributed by atoms with van der Waals surface area (Å²) < 4.78 is 11.4. The molecule has 30 heavy (non-hydrogen) atoms. The summed E-state index contributed by atoms with van der Waals surface area (Å²) in [5.74, 6) is -1.06. The fraction of sp³-hybridized carbons (Fsp3) is 0.600. The molecule has 1 aliphatic rings. The molecule has 1 aromatic rings. The number of rotatable bonds is 10. The average molecular weight is 420 g/mol. The Morgan fingerprint density at radius 1 is 1.43 bits per heavy atom. The van der Waals surface area contributed by atoms with Crippen LogP contribution in [0.5, 0.6) is 0 Å². The lowest BCUT2D eigenvalue weighted by molar-refractivity contribution is -0.0469. The molecule has 164 valence electrons. The van der Waals surface area contributed by atoms with Crippen molar-refractivity contribution >= 4 is 11.9 Å². The topological polar surface area (TPSA) is 147 Å². The van der Waals surface area contributed by atoms with Crippen LogP contribution in [-0.2, 0) is 9.47 Å². The number of allylic oxidation sites excluding steroid dienone is 1. The van der Waals surface area contributed by atoms with E-state index in [2.05, 4.69) is 17.2 Å². The Labute approximate surface area is 174 Å². The number of aliphatic hydroxyl groups excluding tert-OH is 2. The van der Waals surface area contributed by atoms with E-state index in [0.29, 0.717) is 0 Å². The molecule has 0 bridgehead atoms. The third-order valence-corrected chi connectivity index (χ3v) is 4.74. The van der Waals surface area contributed by atoms with Gasteiger partial charge in [0.25, 0.3) is 0 Å². The molecule has 2 rings (SSSR count). The molecule has 1 amide bonds. The highest BCUT2D eigenvalue weighted by Crippen LogP contribution is 2.33. The van der Waals surface area contributed by atoms with Crippen LogP contribution >= 0.6 is 0 Å². The predicted octanol–water partition coefficient (Wildman–Crippen LogP) is 1.71. The standard InChI is InChI=1S/C20H28N4O6/c1-2-3-4-5-6-7-8-11-29-20(28)23-16-9-10-24(19(27)22-16)18-14(12-21)17(26)15(13-25)30-18/h7-10,14-15,17-18,25-26H,2-6,11,13H2,1H3,(H,22,23,27,28)/b8-7-/t14-,15+,17-,18?/m0/s1. The van der Waals surface area contributed by atoms with Crippen molar-refractivity contribution in [2.75, 3.05) is 18.5 Å². The van der Waals surface area contributed by atoms with Crippen LogP contribution in [-0.4, -0.2) is 51.3 Å². The van der Waals surface area contributed by atoms with Crippen LogP contribution in [0.2, 0.25) is 0 Å². The number of carbonyl (C=O) groups is 1. The number of unbranched alkanes of at least 4 members (excludes halogenated alkanes) is 4. The number of ether oxygens (including phenoxy) is 2.